The molecule has 3 N–H and O–H groups in total. The molecule has 2 amide bonds. The van der Waals surface area contributed by atoms with Gasteiger partial charge in [-0.1, -0.05) is 60.7 Å². The second-order valence-corrected chi connectivity index (χ2v) is 12.7. The van der Waals surface area contributed by atoms with Gasteiger partial charge in [0.2, 0.25) is 0 Å². The van der Waals surface area contributed by atoms with E-state index in [0.29, 0.717) is 19.3 Å². The number of thioether (sulfide) groups is 1. The molecule has 0 aliphatic carbocycles. The maximum atomic E-state index is 13.1. The van der Waals surface area contributed by atoms with E-state index in [9.17, 15) is 9.59 Å². The molecule has 0 fully saturated rings. The number of rotatable bonds is 12. The van der Waals surface area contributed by atoms with Crippen LogP contribution in [0.15, 0.2) is 90.5 Å². The number of thiocarbonyl (C=S) groups is 1. The summed E-state index contributed by atoms with van der Waals surface area (Å²) in [6, 6.07) is 18.6. The third-order valence-electron chi connectivity index (χ3n) is 6.53. The van der Waals surface area contributed by atoms with E-state index in [1.165, 1.54) is 0 Å². The van der Waals surface area contributed by atoms with Gasteiger partial charge in [-0.2, -0.15) is 0 Å². The van der Waals surface area contributed by atoms with Crippen LogP contribution in [0.3, 0.4) is 0 Å². The number of nitrogens with zero attached hydrogens (tertiary/aromatic N) is 2. The van der Waals surface area contributed by atoms with Gasteiger partial charge in [0, 0.05) is 36.0 Å². The SMILES string of the molecule is CC(C)(C)OC(=O)N[C@@H](Cc1ccccc1)C[C@H](OC(=S)n1ccnc1)[C@H](Cc1ccccc1)NC(=O)OCC1=CNCS1. The van der Waals surface area contributed by atoms with Crippen molar-refractivity contribution in [2.45, 2.75) is 63.8 Å². The highest BCUT2D eigenvalue weighted by molar-refractivity contribution is 8.03. The average molecular weight is 638 g/mol. The zero-order valence-corrected chi connectivity index (χ0v) is 26.7. The highest BCUT2D eigenvalue weighted by atomic mass is 32.2. The minimum Gasteiger partial charge on any atom is -0.465 e. The molecule has 0 saturated carbocycles. The fourth-order valence-corrected chi connectivity index (χ4v) is 5.48. The lowest BCUT2D eigenvalue weighted by Gasteiger charge is -2.32. The van der Waals surface area contributed by atoms with Gasteiger partial charge in [0.05, 0.1) is 11.9 Å². The highest BCUT2D eigenvalue weighted by Crippen LogP contribution is 2.20. The third kappa shape index (κ3) is 11.2. The number of aromatic nitrogens is 2. The van der Waals surface area contributed by atoms with Crippen LogP contribution in [0, 0.1) is 0 Å². The summed E-state index contributed by atoms with van der Waals surface area (Å²) in [4.78, 5) is 31.1. The summed E-state index contributed by atoms with van der Waals surface area (Å²) in [5, 5.41) is 9.32. The molecule has 234 valence electrons. The monoisotopic (exact) mass is 637 g/mol. The zero-order valence-electron chi connectivity index (χ0n) is 25.1. The lowest BCUT2D eigenvalue weighted by molar-refractivity contribution is 0.0471. The first-order valence-electron chi connectivity index (χ1n) is 14.4. The first-order chi connectivity index (χ1) is 21.1. The van der Waals surface area contributed by atoms with Crippen LogP contribution >= 0.6 is 24.0 Å². The average Bonchev–Trinajstić information content (AvgIpc) is 3.71. The Morgan fingerprint density at radius 3 is 2.30 bits per heavy atom. The number of imidazole rings is 1. The number of amides is 2. The summed E-state index contributed by atoms with van der Waals surface area (Å²) in [6.45, 7) is 5.60. The molecule has 1 aliphatic heterocycles. The van der Waals surface area contributed by atoms with E-state index in [0.717, 1.165) is 21.9 Å². The molecular weight excluding hydrogens is 599 g/mol. The molecule has 0 spiro atoms. The Morgan fingerprint density at radius 1 is 1.02 bits per heavy atom. The van der Waals surface area contributed by atoms with Crippen LogP contribution in [0.4, 0.5) is 9.59 Å². The molecule has 3 aromatic rings. The van der Waals surface area contributed by atoms with E-state index >= 15 is 0 Å². The van der Waals surface area contributed by atoms with Gasteiger partial charge < -0.3 is 30.2 Å². The standard InChI is InChI=1S/C32H39N5O5S2/c1-32(2,3)42-30(39)35-25(16-23-10-6-4-7-11-23)18-28(41-31(43)37-15-14-33-21-37)27(17-24-12-8-5-9-13-24)36-29(38)40-20-26-19-34-22-44-26/h4-15,19,21,25,27-28,34H,16-18,20,22H2,1-3H3,(H,35,39)(H,36,38)/t25-,27-,28-/m0/s1. The molecule has 12 heteroatoms. The summed E-state index contributed by atoms with van der Waals surface area (Å²) in [7, 11) is 0. The van der Waals surface area contributed by atoms with Crippen LogP contribution in [0.25, 0.3) is 0 Å². The van der Waals surface area contributed by atoms with Crippen LogP contribution in [-0.4, -0.2) is 63.2 Å². The molecule has 1 aliphatic rings. The Balaban J connectivity index is 1.62. The first-order valence-corrected chi connectivity index (χ1v) is 15.8. The molecule has 2 aromatic carbocycles. The minimum atomic E-state index is -0.678. The topological polar surface area (TPSA) is 116 Å². The Kier molecular flexibility index (Phi) is 12.1. The number of ether oxygens (including phenoxy) is 3. The van der Waals surface area contributed by atoms with Crippen molar-refractivity contribution < 1.29 is 23.8 Å². The van der Waals surface area contributed by atoms with Gasteiger partial charge in [-0.15, -0.1) is 11.8 Å². The largest absolute Gasteiger partial charge is 0.465 e. The number of alkyl carbamates (subject to hydrolysis) is 2. The van der Waals surface area contributed by atoms with Gasteiger partial charge in [-0.3, -0.25) is 4.57 Å². The van der Waals surface area contributed by atoms with Gasteiger partial charge in [0.15, 0.2) is 0 Å². The number of nitrogens with one attached hydrogen (secondary N) is 3. The van der Waals surface area contributed by atoms with Crippen molar-refractivity contribution in [3.8, 4) is 0 Å². The normalized spacial score (nSPS) is 14.8. The summed E-state index contributed by atoms with van der Waals surface area (Å²) < 4.78 is 19.2. The molecule has 0 bridgehead atoms. The number of carbonyl (C=O) groups excluding carboxylic acids is 2. The summed E-state index contributed by atoms with van der Waals surface area (Å²) in [6.07, 6.45) is 6.10. The molecule has 4 rings (SSSR count). The van der Waals surface area contributed by atoms with Crippen LogP contribution in [-0.2, 0) is 27.1 Å². The van der Waals surface area contributed by atoms with Gasteiger partial charge in [-0.25, -0.2) is 14.6 Å². The Labute approximate surface area is 267 Å². The minimum absolute atomic E-state index is 0.150. The van der Waals surface area contributed by atoms with E-state index in [-0.39, 0.29) is 11.8 Å². The molecule has 0 radical (unpaired) electrons. The van der Waals surface area contributed by atoms with Gasteiger partial charge in [-0.05, 0) is 57.0 Å². The van der Waals surface area contributed by atoms with Crippen molar-refractivity contribution in [1.29, 1.82) is 0 Å². The van der Waals surface area contributed by atoms with E-state index in [2.05, 4.69) is 20.9 Å². The maximum Gasteiger partial charge on any atom is 0.407 e. The van der Waals surface area contributed by atoms with Crippen LogP contribution in [0.2, 0.25) is 0 Å². The Hall–Kier alpha value is -4.03. The quantitative estimate of drug-likeness (QED) is 0.225. The number of hydrogen-bond acceptors (Lipinski definition) is 9. The fraction of sp³-hybridized carbons (Fsp3) is 0.375. The van der Waals surface area contributed by atoms with E-state index in [4.69, 9.17) is 26.4 Å². The smallest absolute Gasteiger partial charge is 0.407 e. The second-order valence-electron chi connectivity index (χ2n) is 11.3. The van der Waals surface area contributed by atoms with Crippen molar-refractivity contribution >= 4 is 41.3 Å². The second kappa shape index (κ2) is 16.2. The molecule has 0 saturated heterocycles. The predicted octanol–water partition coefficient (Wildman–Crippen LogP) is 5.40. The summed E-state index contributed by atoms with van der Waals surface area (Å²) >= 11 is 7.22. The molecule has 2 heterocycles. The molecule has 10 nitrogen and oxygen atoms in total. The Morgan fingerprint density at radius 2 is 1.70 bits per heavy atom. The van der Waals surface area contributed by atoms with Crippen molar-refractivity contribution in [1.82, 2.24) is 25.5 Å². The Bertz CT molecular complexity index is 1380. The predicted molar refractivity (Wildman–Crippen MR) is 175 cm³/mol. The molecule has 44 heavy (non-hydrogen) atoms. The van der Waals surface area contributed by atoms with Crippen molar-refractivity contribution in [2.24, 2.45) is 0 Å². The van der Waals surface area contributed by atoms with Crippen molar-refractivity contribution in [3.05, 3.63) is 102 Å². The molecule has 3 atom stereocenters. The van der Waals surface area contributed by atoms with Gasteiger partial charge in [0.25, 0.3) is 5.17 Å². The van der Waals surface area contributed by atoms with Crippen LogP contribution in [0.5, 0.6) is 0 Å². The van der Waals surface area contributed by atoms with E-state index in [1.54, 1.807) is 35.0 Å². The number of benzene rings is 2. The van der Waals surface area contributed by atoms with E-state index in [1.807, 2.05) is 87.6 Å². The first kappa shape index (κ1) is 32.9. The van der Waals surface area contributed by atoms with Crippen molar-refractivity contribution in [3.63, 3.8) is 0 Å². The lowest BCUT2D eigenvalue weighted by atomic mass is 9.93. The number of carbonyl (C=O) groups is 2. The lowest BCUT2D eigenvalue weighted by Crippen LogP contribution is -2.51. The third-order valence-corrected chi connectivity index (χ3v) is 7.75. The summed E-state index contributed by atoms with van der Waals surface area (Å²) in [5.41, 5.74) is 1.33. The van der Waals surface area contributed by atoms with Crippen LogP contribution < -0.4 is 16.0 Å². The van der Waals surface area contributed by atoms with Crippen LogP contribution in [0.1, 0.15) is 38.3 Å². The van der Waals surface area contributed by atoms with E-state index < -0.39 is 36.0 Å². The fourth-order valence-electron chi connectivity index (χ4n) is 4.59. The summed E-state index contributed by atoms with van der Waals surface area (Å²) in [5.74, 6) is 0.742. The highest BCUT2D eigenvalue weighted by Gasteiger charge is 2.32. The molecule has 0 unspecified atom stereocenters. The van der Waals surface area contributed by atoms with Gasteiger partial charge in [0.1, 0.15) is 24.6 Å². The molecular formula is C32H39N5O5S2. The zero-order chi connectivity index (χ0) is 31.4. The maximum absolute atomic E-state index is 13.1. The molecule has 1 aromatic heterocycles. The van der Waals surface area contributed by atoms with Gasteiger partial charge >= 0.3 is 12.2 Å². The van der Waals surface area contributed by atoms with Crippen molar-refractivity contribution in [2.75, 3.05) is 12.5 Å². The number of hydrogen-bond donors (Lipinski definition) is 3.